The summed E-state index contributed by atoms with van der Waals surface area (Å²) in [6.07, 6.45) is 0. The van der Waals surface area contributed by atoms with Crippen LogP contribution in [0.2, 0.25) is 0 Å². The van der Waals surface area contributed by atoms with E-state index in [1.807, 2.05) is 12.1 Å². The molecule has 0 amide bonds. The molecule has 2 aromatic heterocycles. The van der Waals surface area contributed by atoms with E-state index in [-0.39, 0.29) is 0 Å². The number of rotatable bonds is 6. The first-order chi connectivity index (χ1) is 27.3. The topological polar surface area (TPSA) is 21.3 Å². The molecule has 0 bridgehead atoms. The molecule has 0 saturated heterocycles. The summed E-state index contributed by atoms with van der Waals surface area (Å²) in [5.74, 6) is 0. The van der Waals surface area contributed by atoms with Crippen LogP contribution in [-0.4, -0.2) is 4.57 Å². The first-order valence-electron chi connectivity index (χ1n) is 18.8. The normalized spacial score (nSPS) is 11.6. The van der Waals surface area contributed by atoms with Crippen molar-refractivity contribution in [3.63, 3.8) is 0 Å². The van der Waals surface area contributed by atoms with Crippen molar-refractivity contribution in [2.75, 3.05) is 4.90 Å². The first-order valence-corrected chi connectivity index (χ1v) is 18.8. The number of benzene rings is 9. The van der Waals surface area contributed by atoms with Crippen molar-refractivity contribution in [3.05, 3.63) is 206 Å². The molecular formula is C52H34N2O. The Balaban J connectivity index is 1.03. The van der Waals surface area contributed by atoms with Gasteiger partial charge < -0.3 is 13.9 Å². The Morgan fingerprint density at radius 1 is 0.382 bits per heavy atom. The SMILES string of the molecule is c1cc(-c2ccc(N(c3ccc4ccccc4c3)c3cccc4oc5ccccc5c34)cc2)cc(-c2ccccc2-n2c3ccccc3c3ccccc32)c1. The maximum atomic E-state index is 6.36. The lowest BCUT2D eigenvalue weighted by molar-refractivity contribution is 0.669. The van der Waals surface area contributed by atoms with Crippen molar-refractivity contribution in [2.45, 2.75) is 0 Å². The van der Waals surface area contributed by atoms with E-state index in [4.69, 9.17) is 4.42 Å². The summed E-state index contributed by atoms with van der Waals surface area (Å²) in [6, 6.07) is 74.0. The maximum Gasteiger partial charge on any atom is 0.137 e. The standard InChI is InChI=1S/C52H34N2O/c1-2-14-38-34-41(32-29-35(38)13-1)53(49-24-12-26-51-52(49)45-20-6-10-25-50(45)55-51)40-30-27-36(28-31-40)37-15-11-16-39(33-37)42-17-3-7-21-46(42)54-47-22-8-4-18-43(47)44-19-5-9-23-48(44)54/h1-34H. The molecule has 0 unspecified atom stereocenters. The number of fused-ring (bicyclic) bond motifs is 7. The average molecular weight is 703 g/mol. The molecule has 9 aromatic carbocycles. The molecule has 0 aliphatic rings. The molecule has 11 aromatic rings. The number of aromatic nitrogens is 1. The molecule has 3 nitrogen and oxygen atoms in total. The molecular weight excluding hydrogens is 669 g/mol. The number of anilines is 3. The van der Waals surface area contributed by atoms with Gasteiger partial charge in [-0.1, -0.05) is 140 Å². The van der Waals surface area contributed by atoms with E-state index in [9.17, 15) is 0 Å². The summed E-state index contributed by atoms with van der Waals surface area (Å²) in [5.41, 5.74) is 13.3. The quantitative estimate of drug-likeness (QED) is 0.172. The lowest BCUT2D eigenvalue weighted by Gasteiger charge is -2.27. The molecule has 0 aliphatic heterocycles. The summed E-state index contributed by atoms with van der Waals surface area (Å²) in [5, 5.41) is 7.14. The molecule has 0 spiro atoms. The lowest BCUT2D eigenvalue weighted by Crippen LogP contribution is -2.10. The van der Waals surface area contributed by atoms with E-state index in [0.717, 1.165) is 44.6 Å². The van der Waals surface area contributed by atoms with Crippen molar-refractivity contribution in [2.24, 2.45) is 0 Å². The molecule has 0 fully saturated rings. The molecule has 0 atom stereocenters. The zero-order valence-corrected chi connectivity index (χ0v) is 29.9. The summed E-state index contributed by atoms with van der Waals surface area (Å²) in [7, 11) is 0. The van der Waals surface area contributed by atoms with Gasteiger partial charge in [-0.3, -0.25) is 0 Å². The highest BCUT2D eigenvalue weighted by atomic mass is 16.3. The number of para-hydroxylation sites is 4. The Bertz CT molecular complexity index is 3170. The number of nitrogens with zero attached hydrogens (tertiary/aromatic N) is 2. The third-order valence-electron chi connectivity index (χ3n) is 11.0. The van der Waals surface area contributed by atoms with Gasteiger partial charge in [-0.05, 0) is 94.2 Å². The molecule has 0 aliphatic carbocycles. The minimum absolute atomic E-state index is 0.874. The second kappa shape index (κ2) is 12.6. The van der Waals surface area contributed by atoms with Gasteiger partial charge in [-0.2, -0.15) is 0 Å². The van der Waals surface area contributed by atoms with Crippen LogP contribution >= 0.6 is 0 Å². The summed E-state index contributed by atoms with van der Waals surface area (Å²) < 4.78 is 8.77. The van der Waals surface area contributed by atoms with Gasteiger partial charge in [0.2, 0.25) is 0 Å². The third-order valence-corrected chi connectivity index (χ3v) is 11.0. The van der Waals surface area contributed by atoms with Crippen LogP contribution in [0.1, 0.15) is 0 Å². The zero-order chi connectivity index (χ0) is 36.3. The summed E-state index contributed by atoms with van der Waals surface area (Å²) in [4.78, 5) is 2.36. The van der Waals surface area contributed by atoms with Crippen LogP contribution in [0.25, 0.3) is 82.5 Å². The van der Waals surface area contributed by atoms with Crippen molar-refractivity contribution < 1.29 is 4.42 Å². The second-order valence-electron chi connectivity index (χ2n) is 14.1. The monoisotopic (exact) mass is 702 g/mol. The molecule has 3 heteroatoms. The maximum absolute atomic E-state index is 6.36. The fraction of sp³-hybridized carbons (Fsp3) is 0. The summed E-state index contributed by atoms with van der Waals surface area (Å²) in [6.45, 7) is 0. The predicted octanol–water partition coefficient (Wildman–Crippen LogP) is 14.6. The molecule has 258 valence electrons. The van der Waals surface area contributed by atoms with Crippen LogP contribution in [0.4, 0.5) is 17.1 Å². The lowest BCUT2D eigenvalue weighted by atomic mass is 9.97. The molecule has 11 rings (SSSR count). The van der Waals surface area contributed by atoms with Crippen LogP contribution in [0.3, 0.4) is 0 Å². The van der Waals surface area contributed by atoms with Gasteiger partial charge in [0.25, 0.3) is 0 Å². The number of hydrogen-bond acceptors (Lipinski definition) is 2. The highest BCUT2D eigenvalue weighted by Crippen LogP contribution is 2.44. The van der Waals surface area contributed by atoms with Gasteiger partial charge >= 0.3 is 0 Å². The number of hydrogen-bond donors (Lipinski definition) is 0. The molecule has 0 N–H and O–H groups in total. The third kappa shape index (κ3) is 5.13. The van der Waals surface area contributed by atoms with E-state index < -0.39 is 0 Å². The van der Waals surface area contributed by atoms with Gasteiger partial charge in [0.15, 0.2) is 0 Å². The van der Waals surface area contributed by atoms with E-state index in [2.05, 4.69) is 204 Å². The Kier molecular flexibility index (Phi) is 7.17. The van der Waals surface area contributed by atoms with Crippen molar-refractivity contribution in [1.29, 1.82) is 0 Å². The van der Waals surface area contributed by atoms with E-state index >= 15 is 0 Å². The van der Waals surface area contributed by atoms with Gasteiger partial charge in [-0.25, -0.2) is 0 Å². The minimum Gasteiger partial charge on any atom is -0.456 e. The number of furan rings is 1. The Hall–Kier alpha value is -7.36. The first kappa shape index (κ1) is 31.2. The van der Waals surface area contributed by atoms with Gasteiger partial charge in [0, 0.05) is 33.1 Å². The molecule has 0 saturated carbocycles. The zero-order valence-electron chi connectivity index (χ0n) is 29.9. The van der Waals surface area contributed by atoms with Crippen LogP contribution in [-0.2, 0) is 0 Å². The highest BCUT2D eigenvalue weighted by Gasteiger charge is 2.20. The van der Waals surface area contributed by atoms with E-state index in [1.54, 1.807) is 0 Å². The van der Waals surface area contributed by atoms with Crippen molar-refractivity contribution >= 4 is 71.6 Å². The second-order valence-corrected chi connectivity index (χ2v) is 14.1. The van der Waals surface area contributed by atoms with Crippen molar-refractivity contribution in [3.8, 4) is 27.9 Å². The van der Waals surface area contributed by atoms with Gasteiger partial charge in [0.1, 0.15) is 11.2 Å². The largest absolute Gasteiger partial charge is 0.456 e. The van der Waals surface area contributed by atoms with Gasteiger partial charge in [0.05, 0.1) is 27.8 Å². The van der Waals surface area contributed by atoms with Gasteiger partial charge in [-0.15, -0.1) is 0 Å². The average Bonchev–Trinajstić information content (AvgIpc) is 3.80. The van der Waals surface area contributed by atoms with E-state index in [1.165, 1.54) is 55.0 Å². The van der Waals surface area contributed by atoms with Crippen LogP contribution in [0, 0.1) is 0 Å². The van der Waals surface area contributed by atoms with Crippen molar-refractivity contribution in [1.82, 2.24) is 4.57 Å². The smallest absolute Gasteiger partial charge is 0.137 e. The van der Waals surface area contributed by atoms with E-state index in [0.29, 0.717) is 0 Å². The molecule has 0 radical (unpaired) electrons. The van der Waals surface area contributed by atoms with Crippen LogP contribution < -0.4 is 4.90 Å². The minimum atomic E-state index is 0.874. The Morgan fingerprint density at radius 2 is 1.00 bits per heavy atom. The van der Waals surface area contributed by atoms with Crippen LogP contribution in [0.15, 0.2) is 211 Å². The van der Waals surface area contributed by atoms with Crippen LogP contribution in [0.5, 0.6) is 0 Å². The predicted molar refractivity (Wildman–Crippen MR) is 231 cm³/mol. The summed E-state index contributed by atoms with van der Waals surface area (Å²) >= 11 is 0. The Morgan fingerprint density at radius 3 is 1.82 bits per heavy atom. The fourth-order valence-electron chi connectivity index (χ4n) is 8.45. The Labute approximate surface area is 318 Å². The molecule has 2 heterocycles. The highest BCUT2D eigenvalue weighted by molar-refractivity contribution is 6.14. The fourth-order valence-corrected chi connectivity index (χ4v) is 8.45. The molecule has 55 heavy (non-hydrogen) atoms.